The number of piperazine rings is 1. The van der Waals surface area contributed by atoms with Gasteiger partial charge < -0.3 is 14.7 Å². The Balaban J connectivity index is 1.35. The minimum atomic E-state index is 0.0584. The minimum absolute atomic E-state index is 0.0584. The standard InChI is InChI=1S/C20H26N2O2/c23-17-18-6-4-9-20(16-18)24-15-5-10-21-11-13-22(14-12-21)19-7-2-1-3-8-19/h1-4,6-9,16,23H,5,10-15,17H2. The molecule has 4 heteroatoms. The molecule has 0 aromatic heterocycles. The highest BCUT2D eigenvalue weighted by Crippen LogP contribution is 2.16. The number of nitrogens with zero attached hydrogens (tertiary/aromatic N) is 2. The van der Waals surface area contributed by atoms with E-state index in [4.69, 9.17) is 9.84 Å². The summed E-state index contributed by atoms with van der Waals surface area (Å²) in [7, 11) is 0. The Bertz CT molecular complexity index is 610. The molecule has 2 aromatic rings. The Morgan fingerprint density at radius 2 is 1.71 bits per heavy atom. The molecule has 0 spiro atoms. The summed E-state index contributed by atoms with van der Waals surface area (Å²) in [5.74, 6) is 0.843. The zero-order valence-corrected chi connectivity index (χ0v) is 14.1. The van der Waals surface area contributed by atoms with Gasteiger partial charge in [-0.2, -0.15) is 0 Å². The van der Waals surface area contributed by atoms with Gasteiger partial charge in [0.1, 0.15) is 5.75 Å². The van der Waals surface area contributed by atoms with Crippen LogP contribution < -0.4 is 9.64 Å². The van der Waals surface area contributed by atoms with Gasteiger partial charge in [0.25, 0.3) is 0 Å². The maximum Gasteiger partial charge on any atom is 0.119 e. The predicted molar refractivity (Wildman–Crippen MR) is 97.6 cm³/mol. The Kier molecular flexibility index (Phi) is 6.10. The summed E-state index contributed by atoms with van der Waals surface area (Å²) >= 11 is 0. The van der Waals surface area contributed by atoms with E-state index < -0.39 is 0 Å². The van der Waals surface area contributed by atoms with Gasteiger partial charge in [-0.25, -0.2) is 0 Å². The molecule has 0 bridgehead atoms. The van der Waals surface area contributed by atoms with Crippen LogP contribution in [0.4, 0.5) is 5.69 Å². The Morgan fingerprint density at radius 3 is 2.46 bits per heavy atom. The number of anilines is 1. The first-order valence-electron chi connectivity index (χ1n) is 8.70. The normalized spacial score (nSPS) is 15.5. The van der Waals surface area contributed by atoms with E-state index in [1.807, 2.05) is 24.3 Å². The number of hydrogen-bond donors (Lipinski definition) is 1. The maximum atomic E-state index is 9.14. The van der Waals surface area contributed by atoms with Gasteiger partial charge >= 0.3 is 0 Å². The van der Waals surface area contributed by atoms with Gasteiger partial charge in [-0.1, -0.05) is 30.3 Å². The van der Waals surface area contributed by atoms with Crippen LogP contribution >= 0.6 is 0 Å². The van der Waals surface area contributed by atoms with Crippen LogP contribution in [0.15, 0.2) is 54.6 Å². The minimum Gasteiger partial charge on any atom is -0.494 e. The molecule has 128 valence electrons. The zero-order valence-electron chi connectivity index (χ0n) is 14.1. The van der Waals surface area contributed by atoms with Crippen LogP contribution in [0.25, 0.3) is 0 Å². The fourth-order valence-electron chi connectivity index (χ4n) is 3.08. The van der Waals surface area contributed by atoms with Crippen molar-refractivity contribution in [3.8, 4) is 5.75 Å². The van der Waals surface area contributed by atoms with Crippen LogP contribution in [-0.4, -0.2) is 49.3 Å². The lowest BCUT2D eigenvalue weighted by Crippen LogP contribution is -2.46. The lowest BCUT2D eigenvalue weighted by Gasteiger charge is -2.36. The monoisotopic (exact) mass is 326 g/mol. The predicted octanol–water partition coefficient (Wildman–Crippen LogP) is 2.77. The van der Waals surface area contributed by atoms with E-state index in [-0.39, 0.29) is 6.61 Å². The number of hydrogen-bond acceptors (Lipinski definition) is 4. The van der Waals surface area contributed by atoms with Gasteiger partial charge in [-0.3, -0.25) is 4.90 Å². The van der Waals surface area contributed by atoms with Crippen LogP contribution in [0, 0.1) is 0 Å². The van der Waals surface area contributed by atoms with Gasteiger partial charge in [0.15, 0.2) is 0 Å². The van der Waals surface area contributed by atoms with E-state index in [2.05, 4.69) is 40.1 Å². The average Bonchev–Trinajstić information content (AvgIpc) is 2.67. The molecular formula is C20H26N2O2. The Hall–Kier alpha value is -2.04. The first-order chi connectivity index (χ1) is 11.8. The second-order valence-electron chi connectivity index (χ2n) is 6.17. The molecule has 1 aliphatic heterocycles. The molecule has 1 N–H and O–H groups in total. The van der Waals surface area contributed by atoms with Crippen LogP contribution in [0.3, 0.4) is 0 Å². The van der Waals surface area contributed by atoms with E-state index in [9.17, 15) is 0 Å². The Morgan fingerprint density at radius 1 is 0.917 bits per heavy atom. The smallest absolute Gasteiger partial charge is 0.119 e. The topological polar surface area (TPSA) is 35.9 Å². The number of ether oxygens (including phenoxy) is 1. The average molecular weight is 326 g/mol. The molecule has 24 heavy (non-hydrogen) atoms. The third-order valence-electron chi connectivity index (χ3n) is 4.46. The number of aliphatic hydroxyl groups excluding tert-OH is 1. The lowest BCUT2D eigenvalue weighted by atomic mass is 10.2. The van der Waals surface area contributed by atoms with Crippen molar-refractivity contribution in [2.24, 2.45) is 0 Å². The lowest BCUT2D eigenvalue weighted by molar-refractivity contribution is 0.224. The third kappa shape index (κ3) is 4.73. The van der Waals surface area contributed by atoms with E-state index >= 15 is 0 Å². The number of benzene rings is 2. The van der Waals surface area contributed by atoms with Crippen molar-refractivity contribution in [3.05, 3.63) is 60.2 Å². The van der Waals surface area contributed by atoms with Crippen molar-refractivity contribution in [2.45, 2.75) is 13.0 Å². The first kappa shape index (κ1) is 16.8. The molecule has 0 unspecified atom stereocenters. The van der Waals surface area contributed by atoms with Gasteiger partial charge in [0.05, 0.1) is 13.2 Å². The molecular weight excluding hydrogens is 300 g/mol. The van der Waals surface area contributed by atoms with Crippen LogP contribution in [0.1, 0.15) is 12.0 Å². The summed E-state index contributed by atoms with van der Waals surface area (Å²) in [6, 6.07) is 18.3. The summed E-state index contributed by atoms with van der Waals surface area (Å²) in [6.45, 7) is 6.23. The summed E-state index contributed by atoms with van der Waals surface area (Å²) in [4.78, 5) is 4.96. The Labute approximate surface area is 144 Å². The van der Waals surface area contributed by atoms with E-state index in [0.29, 0.717) is 6.61 Å². The summed E-state index contributed by atoms with van der Waals surface area (Å²) in [5.41, 5.74) is 2.22. The molecule has 0 radical (unpaired) electrons. The van der Waals surface area contributed by atoms with E-state index in [1.54, 1.807) is 0 Å². The number of aliphatic hydroxyl groups is 1. The van der Waals surface area contributed by atoms with Gasteiger partial charge in [0, 0.05) is 38.4 Å². The molecule has 0 aliphatic carbocycles. The highest BCUT2D eigenvalue weighted by Gasteiger charge is 2.16. The van der Waals surface area contributed by atoms with Crippen LogP contribution in [-0.2, 0) is 6.61 Å². The molecule has 1 saturated heterocycles. The highest BCUT2D eigenvalue weighted by molar-refractivity contribution is 5.46. The maximum absolute atomic E-state index is 9.14. The first-order valence-corrected chi connectivity index (χ1v) is 8.70. The second kappa shape index (κ2) is 8.71. The highest BCUT2D eigenvalue weighted by atomic mass is 16.5. The number of para-hydroxylation sites is 1. The van der Waals surface area contributed by atoms with E-state index in [1.165, 1.54) is 5.69 Å². The molecule has 4 nitrogen and oxygen atoms in total. The van der Waals surface area contributed by atoms with Crippen molar-refractivity contribution in [2.75, 3.05) is 44.2 Å². The zero-order chi connectivity index (χ0) is 16.6. The SMILES string of the molecule is OCc1cccc(OCCCN2CCN(c3ccccc3)CC2)c1. The van der Waals surface area contributed by atoms with Gasteiger partial charge in [0.2, 0.25) is 0 Å². The quantitative estimate of drug-likeness (QED) is 0.794. The van der Waals surface area contributed by atoms with Crippen molar-refractivity contribution < 1.29 is 9.84 Å². The molecule has 2 aromatic carbocycles. The summed E-state index contributed by atoms with van der Waals surface area (Å²) in [5, 5.41) is 9.14. The molecule has 0 atom stereocenters. The van der Waals surface area contributed by atoms with Crippen molar-refractivity contribution >= 4 is 5.69 Å². The van der Waals surface area contributed by atoms with E-state index in [0.717, 1.165) is 50.5 Å². The van der Waals surface area contributed by atoms with Crippen LogP contribution in [0.5, 0.6) is 5.75 Å². The molecule has 3 rings (SSSR count). The number of rotatable bonds is 7. The van der Waals surface area contributed by atoms with Gasteiger partial charge in [-0.05, 0) is 36.2 Å². The molecule has 1 fully saturated rings. The third-order valence-corrected chi connectivity index (χ3v) is 4.46. The summed E-state index contributed by atoms with van der Waals surface area (Å²) in [6.07, 6.45) is 1.02. The van der Waals surface area contributed by atoms with Crippen molar-refractivity contribution in [1.29, 1.82) is 0 Å². The fourth-order valence-corrected chi connectivity index (χ4v) is 3.08. The van der Waals surface area contributed by atoms with Crippen LogP contribution in [0.2, 0.25) is 0 Å². The summed E-state index contributed by atoms with van der Waals surface area (Å²) < 4.78 is 5.78. The molecule has 0 amide bonds. The fraction of sp³-hybridized carbons (Fsp3) is 0.400. The molecule has 1 heterocycles. The van der Waals surface area contributed by atoms with Gasteiger partial charge in [-0.15, -0.1) is 0 Å². The van der Waals surface area contributed by atoms with Crippen molar-refractivity contribution in [3.63, 3.8) is 0 Å². The molecule has 0 saturated carbocycles. The second-order valence-corrected chi connectivity index (χ2v) is 6.17. The largest absolute Gasteiger partial charge is 0.494 e. The van der Waals surface area contributed by atoms with Crippen molar-refractivity contribution in [1.82, 2.24) is 4.90 Å². The molecule has 1 aliphatic rings.